The van der Waals surface area contributed by atoms with Crippen LogP contribution in [0.4, 0.5) is 11.4 Å². The molecule has 0 spiro atoms. The lowest BCUT2D eigenvalue weighted by atomic mass is 9.92. The number of carbonyl (C=O) groups is 1. The highest BCUT2D eigenvalue weighted by atomic mass is 35.5. The number of phenols is 1. The number of amides is 1. The molecule has 1 aromatic carbocycles. The van der Waals surface area contributed by atoms with E-state index in [0.717, 1.165) is 36.2 Å². The lowest BCUT2D eigenvalue weighted by Crippen LogP contribution is -2.28. The number of rotatable bonds is 3. The Morgan fingerprint density at radius 3 is 2.84 bits per heavy atom. The second-order valence-corrected chi connectivity index (χ2v) is 5.75. The number of nitro benzene ring substituents is 1. The summed E-state index contributed by atoms with van der Waals surface area (Å²) in [7, 11) is 0. The number of aromatic nitrogens is 1. The molecule has 4 N–H and O–H groups in total. The van der Waals surface area contributed by atoms with Crippen LogP contribution in [0.5, 0.6) is 5.75 Å². The van der Waals surface area contributed by atoms with Gasteiger partial charge in [0.25, 0.3) is 5.91 Å². The number of hydrogen-bond donors (Lipinski definition) is 3. The van der Waals surface area contributed by atoms with Gasteiger partial charge in [-0.05, 0) is 43.0 Å². The van der Waals surface area contributed by atoms with Crippen LogP contribution in [0.3, 0.4) is 0 Å². The van der Waals surface area contributed by atoms with Crippen molar-refractivity contribution in [2.45, 2.75) is 25.3 Å². The first-order valence-corrected chi connectivity index (χ1v) is 7.46. The lowest BCUT2D eigenvalue weighted by Gasteiger charge is -2.21. The Kier molecular flexibility index (Phi) is 5.55. The number of halogens is 1. The molecule has 0 saturated carbocycles. The highest BCUT2D eigenvalue weighted by Gasteiger charge is 2.19. The monoisotopic (exact) mass is 364 g/mol. The van der Waals surface area contributed by atoms with Gasteiger partial charge in [-0.2, -0.15) is 0 Å². The van der Waals surface area contributed by atoms with Crippen LogP contribution in [0.15, 0.2) is 30.5 Å². The molecule has 1 amide bonds. The van der Waals surface area contributed by atoms with Crippen LogP contribution in [0, 0.1) is 10.1 Å². The number of carbonyl (C=O) groups excluding carboxylic acids is 1. The van der Waals surface area contributed by atoms with Gasteiger partial charge in [0.15, 0.2) is 5.75 Å². The number of pyridine rings is 1. The van der Waals surface area contributed by atoms with E-state index in [1.165, 1.54) is 6.07 Å². The number of anilines is 1. The number of nitrogens with two attached hydrogens (primary N) is 1. The van der Waals surface area contributed by atoms with Crippen molar-refractivity contribution in [2.24, 2.45) is 5.73 Å². The fourth-order valence-electron chi connectivity index (χ4n) is 2.74. The van der Waals surface area contributed by atoms with Crippen LogP contribution in [-0.2, 0) is 12.8 Å². The normalized spacial score (nSPS) is 15.6. The quantitative estimate of drug-likeness (QED) is 0.565. The van der Waals surface area contributed by atoms with Crippen LogP contribution in [-0.4, -0.2) is 27.0 Å². The van der Waals surface area contributed by atoms with Gasteiger partial charge in [-0.25, -0.2) is 0 Å². The Labute approximate surface area is 149 Å². The fraction of sp³-hybridized carbons (Fsp3) is 0.250. The molecule has 0 fully saturated rings. The first-order chi connectivity index (χ1) is 11.4. The van der Waals surface area contributed by atoms with Gasteiger partial charge in [0, 0.05) is 23.4 Å². The molecule has 0 bridgehead atoms. The third-order valence-corrected chi connectivity index (χ3v) is 3.99. The van der Waals surface area contributed by atoms with E-state index in [2.05, 4.69) is 10.3 Å². The molecule has 1 unspecified atom stereocenters. The summed E-state index contributed by atoms with van der Waals surface area (Å²) in [6, 6.07) is 5.38. The lowest BCUT2D eigenvalue weighted by molar-refractivity contribution is -0.385. The van der Waals surface area contributed by atoms with Crippen molar-refractivity contribution >= 4 is 29.7 Å². The highest BCUT2D eigenvalue weighted by molar-refractivity contribution is 6.04. The number of aromatic hydroxyl groups is 1. The Hall–Kier alpha value is -2.71. The van der Waals surface area contributed by atoms with Gasteiger partial charge < -0.3 is 16.2 Å². The average Bonchev–Trinajstić information content (AvgIpc) is 2.54. The molecule has 0 radical (unpaired) electrons. The molecule has 3 rings (SSSR count). The van der Waals surface area contributed by atoms with Crippen molar-refractivity contribution in [3.8, 4) is 5.75 Å². The van der Waals surface area contributed by atoms with Crippen LogP contribution in [0.2, 0.25) is 0 Å². The second kappa shape index (κ2) is 7.45. The van der Waals surface area contributed by atoms with Crippen LogP contribution in [0.1, 0.15) is 28.0 Å². The minimum absolute atomic E-state index is 0. The number of nitrogens with zero attached hydrogens (tertiary/aromatic N) is 2. The predicted molar refractivity (Wildman–Crippen MR) is 94.2 cm³/mol. The van der Waals surface area contributed by atoms with E-state index in [4.69, 9.17) is 5.73 Å². The van der Waals surface area contributed by atoms with Crippen molar-refractivity contribution in [1.29, 1.82) is 0 Å². The van der Waals surface area contributed by atoms with Gasteiger partial charge in [0.05, 0.1) is 16.8 Å². The number of nitrogens with one attached hydrogen (secondary N) is 1. The number of phenolic OH excluding ortho intramolecular Hbond substituents is 1. The Morgan fingerprint density at radius 1 is 1.40 bits per heavy atom. The van der Waals surface area contributed by atoms with E-state index in [-0.39, 0.29) is 24.0 Å². The SMILES string of the molecule is Cl.NC1CCc2ncc(NC(=O)c3ccc([N+](=O)[O-])c(O)c3)cc2C1. The maximum atomic E-state index is 12.2. The molecule has 8 nitrogen and oxygen atoms in total. The largest absolute Gasteiger partial charge is 0.502 e. The maximum Gasteiger partial charge on any atom is 0.310 e. The van der Waals surface area contributed by atoms with E-state index >= 15 is 0 Å². The zero-order valence-electron chi connectivity index (χ0n) is 13.1. The Morgan fingerprint density at radius 2 is 2.16 bits per heavy atom. The summed E-state index contributed by atoms with van der Waals surface area (Å²) in [5, 5.41) is 23.0. The highest BCUT2D eigenvalue weighted by Crippen LogP contribution is 2.27. The minimum atomic E-state index is -0.715. The summed E-state index contributed by atoms with van der Waals surface area (Å²) >= 11 is 0. The van der Waals surface area contributed by atoms with Gasteiger partial charge in [-0.1, -0.05) is 0 Å². The molecular weight excluding hydrogens is 348 g/mol. The van der Waals surface area contributed by atoms with Crippen molar-refractivity contribution in [1.82, 2.24) is 4.98 Å². The summed E-state index contributed by atoms with van der Waals surface area (Å²) in [4.78, 5) is 26.6. The fourth-order valence-corrected chi connectivity index (χ4v) is 2.74. The van der Waals surface area contributed by atoms with Gasteiger partial charge in [0.2, 0.25) is 0 Å². The van der Waals surface area contributed by atoms with E-state index in [1.807, 2.05) is 6.07 Å². The Bertz CT molecular complexity index is 828. The molecule has 132 valence electrons. The first-order valence-electron chi connectivity index (χ1n) is 7.46. The summed E-state index contributed by atoms with van der Waals surface area (Å²) < 4.78 is 0. The van der Waals surface area contributed by atoms with E-state index in [1.54, 1.807) is 6.20 Å². The molecule has 1 aliphatic carbocycles. The number of aryl methyl sites for hydroxylation is 1. The molecule has 1 aliphatic rings. The van der Waals surface area contributed by atoms with Crippen molar-refractivity contribution in [2.75, 3.05) is 5.32 Å². The number of nitro groups is 1. The van der Waals surface area contributed by atoms with Gasteiger partial charge in [-0.3, -0.25) is 19.9 Å². The van der Waals surface area contributed by atoms with Crippen molar-refractivity contribution < 1.29 is 14.8 Å². The van der Waals surface area contributed by atoms with Gasteiger partial charge in [-0.15, -0.1) is 12.4 Å². The number of hydrogen-bond acceptors (Lipinski definition) is 6. The summed E-state index contributed by atoms with van der Waals surface area (Å²) in [5.74, 6) is -1.04. The van der Waals surface area contributed by atoms with Crippen LogP contribution in [0.25, 0.3) is 0 Å². The van der Waals surface area contributed by atoms with Crippen molar-refractivity contribution in [3.05, 3.63) is 57.4 Å². The average molecular weight is 365 g/mol. The molecule has 1 aromatic heterocycles. The van der Waals surface area contributed by atoms with E-state index < -0.39 is 22.3 Å². The van der Waals surface area contributed by atoms with Crippen LogP contribution < -0.4 is 11.1 Å². The minimum Gasteiger partial charge on any atom is -0.502 e. The standard InChI is InChI=1S/C16H16N4O4.ClH/c17-11-2-3-13-10(5-11)6-12(8-18-13)19-16(22)9-1-4-14(20(23)24)15(21)7-9;/h1,4,6-8,11,21H,2-3,5,17H2,(H,19,22);1H. The number of fused-ring (bicyclic) bond motifs is 1. The smallest absolute Gasteiger partial charge is 0.310 e. The first kappa shape index (κ1) is 18.6. The molecule has 1 heterocycles. The zero-order valence-corrected chi connectivity index (χ0v) is 14.0. The van der Waals surface area contributed by atoms with E-state index in [9.17, 15) is 20.0 Å². The molecule has 0 aliphatic heterocycles. The predicted octanol–water partition coefficient (Wildman–Crippen LogP) is 2.19. The molecule has 9 heteroatoms. The third kappa shape index (κ3) is 4.04. The van der Waals surface area contributed by atoms with Crippen molar-refractivity contribution in [3.63, 3.8) is 0 Å². The summed E-state index contributed by atoms with van der Waals surface area (Å²) in [6.07, 6.45) is 4.00. The second-order valence-electron chi connectivity index (χ2n) is 5.75. The summed E-state index contributed by atoms with van der Waals surface area (Å²) in [6.45, 7) is 0. The van der Waals surface area contributed by atoms with Gasteiger partial charge >= 0.3 is 5.69 Å². The Balaban J connectivity index is 0.00000225. The van der Waals surface area contributed by atoms with Crippen LogP contribution >= 0.6 is 12.4 Å². The molecular formula is C16H17ClN4O4. The summed E-state index contributed by atoms with van der Waals surface area (Å²) in [5.41, 5.74) is 8.14. The third-order valence-electron chi connectivity index (χ3n) is 3.99. The molecule has 25 heavy (non-hydrogen) atoms. The van der Waals surface area contributed by atoms with E-state index in [0.29, 0.717) is 12.1 Å². The molecule has 1 atom stereocenters. The molecule has 0 saturated heterocycles. The zero-order chi connectivity index (χ0) is 17.3. The number of benzene rings is 1. The maximum absolute atomic E-state index is 12.2. The molecule has 2 aromatic rings. The topological polar surface area (TPSA) is 131 Å². The van der Waals surface area contributed by atoms with Gasteiger partial charge in [0.1, 0.15) is 0 Å².